The molecule has 1 aliphatic rings. The first-order valence-corrected chi connectivity index (χ1v) is 32.2. The average molecular weight is 1130 g/mol. The molecule has 2 unspecified atom stereocenters. The third-order valence-electron chi connectivity index (χ3n) is 16.0. The lowest BCUT2D eigenvalue weighted by Gasteiger charge is -2.46. The Morgan fingerprint density at radius 3 is 1.34 bits per heavy atom. The van der Waals surface area contributed by atoms with Crippen LogP contribution in [0.3, 0.4) is 0 Å². The molecule has 0 spiro atoms. The number of Topliss-reactive ketones (excluding diaryl/α,β-unsaturated/α-hetero) is 1. The SMILES string of the molecule is CCCCCCCCCCCCCCCCC(CO[C@H]1OC(COCc2ccccc2)[C@H](OCc2ccccc2)[C@H](OCc2ccccc2)[C@H]1OCc1ccccc1)CC(=O)CCCCCCCCCCCOCc1ccc(OC)cc1. The van der Waals surface area contributed by atoms with Crippen LogP contribution in [-0.4, -0.2) is 63.4 Å². The Bertz CT molecular complexity index is 2280. The summed E-state index contributed by atoms with van der Waals surface area (Å²) in [6.07, 6.45) is 27.7. The van der Waals surface area contributed by atoms with Crippen LogP contribution in [0.1, 0.15) is 202 Å². The maximum atomic E-state index is 14.0. The van der Waals surface area contributed by atoms with Crippen molar-refractivity contribution in [1.82, 2.24) is 0 Å². The fourth-order valence-corrected chi connectivity index (χ4v) is 11.1. The fraction of sp³-hybridized carbons (Fsp3) is 0.575. The smallest absolute Gasteiger partial charge is 0.186 e. The van der Waals surface area contributed by atoms with E-state index >= 15 is 0 Å². The summed E-state index contributed by atoms with van der Waals surface area (Å²) in [7, 11) is 1.69. The van der Waals surface area contributed by atoms with Crippen molar-refractivity contribution >= 4 is 5.78 Å². The van der Waals surface area contributed by atoms with Gasteiger partial charge in [-0.25, -0.2) is 0 Å². The quantitative estimate of drug-likeness (QED) is 0.0353. The van der Waals surface area contributed by atoms with E-state index in [4.69, 9.17) is 37.9 Å². The maximum Gasteiger partial charge on any atom is 0.186 e. The molecule has 9 nitrogen and oxygen atoms in total. The van der Waals surface area contributed by atoms with Gasteiger partial charge in [0.15, 0.2) is 6.29 Å². The predicted octanol–water partition coefficient (Wildman–Crippen LogP) is 18.3. The van der Waals surface area contributed by atoms with Gasteiger partial charge in [-0.2, -0.15) is 0 Å². The van der Waals surface area contributed by atoms with Crippen LogP contribution in [-0.2, 0) is 71.0 Å². The maximum absolute atomic E-state index is 14.0. The van der Waals surface area contributed by atoms with Gasteiger partial charge in [0, 0.05) is 19.4 Å². The second kappa shape index (κ2) is 43.0. The number of ketones is 1. The van der Waals surface area contributed by atoms with Crippen LogP contribution in [0.5, 0.6) is 5.75 Å². The zero-order chi connectivity index (χ0) is 57.2. The predicted molar refractivity (Wildman–Crippen MR) is 333 cm³/mol. The van der Waals surface area contributed by atoms with E-state index in [-0.39, 0.29) is 12.5 Å². The molecule has 1 heterocycles. The summed E-state index contributed by atoms with van der Waals surface area (Å²) >= 11 is 0. The standard InChI is InChI=1S/C73H104O9/c1-3-4-5-6-7-8-9-10-11-12-14-17-20-27-46-66(53-67(74)47-36-21-18-15-13-16-19-22-37-52-76-54-65-48-50-68(75-2)51-49-65)59-81-73-72(80-58-64-44-34-26-35-45-64)71(79-57-63-42-32-25-33-43-63)70(78-56-62-40-30-24-31-41-62)69(82-73)60-77-55-61-38-28-23-29-39-61/h23-26,28-35,38-45,48-51,66,69-73H,3-22,27,36-37,46-47,52-60H2,1-2H3/t66?,69?,70-,71-,72+,73-/m0/s1. The number of methoxy groups -OCH3 is 1. The van der Waals surface area contributed by atoms with E-state index in [1.165, 1.54) is 128 Å². The number of carbonyl (C=O) groups excluding carboxylic acids is 1. The van der Waals surface area contributed by atoms with Crippen LogP contribution in [0.25, 0.3) is 0 Å². The highest BCUT2D eigenvalue weighted by Gasteiger charge is 2.49. The molecule has 0 amide bonds. The van der Waals surface area contributed by atoms with Gasteiger partial charge in [-0.1, -0.05) is 275 Å². The van der Waals surface area contributed by atoms with Crippen LogP contribution in [0.2, 0.25) is 0 Å². The lowest BCUT2D eigenvalue weighted by atomic mass is 9.93. The van der Waals surface area contributed by atoms with Crippen molar-refractivity contribution in [2.24, 2.45) is 5.92 Å². The van der Waals surface area contributed by atoms with Gasteiger partial charge >= 0.3 is 0 Å². The number of ether oxygens (including phenoxy) is 8. The molecular weight excluding hydrogens is 1020 g/mol. The fourth-order valence-electron chi connectivity index (χ4n) is 11.1. The molecule has 450 valence electrons. The molecule has 0 bridgehead atoms. The Hall–Kier alpha value is -4.71. The van der Waals surface area contributed by atoms with E-state index in [0.717, 1.165) is 66.7 Å². The summed E-state index contributed by atoms with van der Waals surface area (Å²) in [6.45, 7) is 5.85. The molecule has 9 heteroatoms. The second-order valence-corrected chi connectivity index (χ2v) is 23.0. The van der Waals surface area contributed by atoms with Crippen LogP contribution in [0, 0.1) is 5.92 Å². The molecule has 6 atom stereocenters. The highest BCUT2D eigenvalue weighted by Crippen LogP contribution is 2.33. The van der Waals surface area contributed by atoms with E-state index < -0.39 is 30.7 Å². The largest absolute Gasteiger partial charge is 0.497 e. The molecule has 6 rings (SSSR count). The summed E-state index contributed by atoms with van der Waals surface area (Å²) in [5.41, 5.74) is 5.40. The first-order valence-electron chi connectivity index (χ1n) is 32.2. The topological polar surface area (TPSA) is 90.9 Å². The first-order chi connectivity index (χ1) is 40.6. The first kappa shape index (κ1) is 66.4. The van der Waals surface area contributed by atoms with Crippen LogP contribution in [0.15, 0.2) is 146 Å². The molecule has 0 N–H and O–H groups in total. The summed E-state index contributed by atoms with van der Waals surface area (Å²) in [4.78, 5) is 14.0. The molecule has 82 heavy (non-hydrogen) atoms. The van der Waals surface area contributed by atoms with Gasteiger partial charge in [0.1, 0.15) is 35.9 Å². The summed E-state index contributed by atoms with van der Waals surface area (Å²) in [5, 5.41) is 0. The van der Waals surface area contributed by atoms with Gasteiger partial charge in [0.25, 0.3) is 0 Å². The van der Waals surface area contributed by atoms with Gasteiger partial charge in [0.05, 0.1) is 53.4 Å². The zero-order valence-corrected chi connectivity index (χ0v) is 50.5. The highest BCUT2D eigenvalue weighted by atomic mass is 16.7. The lowest BCUT2D eigenvalue weighted by Crippen LogP contribution is -2.62. The van der Waals surface area contributed by atoms with E-state index in [0.29, 0.717) is 58.3 Å². The number of rotatable bonds is 48. The van der Waals surface area contributed by atoms with E-state index in [1.54, 1.807) is 7.11 Å². The molecule has 5 aromatic rings. The van der Waals surface area contributed by atoms with Crippen molar-refractivity contribution in [3.63, 3.8) is 0 Å². The Morgan fingerprint density at radius 1 is 0.427 bits per heavy atom. The minimum atomic E-state index is -0.807. The summed E-state index contributed by atoms with van der Waals surface area (Å²) < 4.78 is 52.7. The van der Waals surface area contributed by atoms with Crippen molar-refractivity contribution in [1.29, 1.82) is 0 Å². The van der Waals surface area contributed by atoms with Crippen molar-refractivity contribution in [3.8, 4) is 5.75 Å². The molecule has 0 radical (unpaired) electrons. The zero-order valence-electron chi connectivity index (χ0n) is 50.5. The summed E-state index contributed by atoms with van der Waals surface area (Å²) in [5.74, 6) is 1.26. The van der Waals surface area contributed by atoms with Gasteiger partial charge in [-0.05, 0) is 65.1 Å². The Morgan fingerprint density at radius 2 is 0.841 bits per heavy atom. The number of carbonyl (C=O) groups is 1. The van der Waals surface area contributed by atoms with E-state index in [9.17, 15) is 4.79 Å². The minimum Gasteiger partial charge on any atom is -0.497 e. The molecule has 0 aliphatic carbocycles. The third kappa shape index (κ3) is 28.2. The van der Waals surface area contributed by atoms with Crippen LogP contribution >= 0.6 is 0 Å². The van der Waals surface area contributed by atoms with Crippen LogP contribution < -0.4 is 4.74 Å². The number of benzene rings is 5. The van der Waals surface area contributed by atoms with Crippen molar-refractivity contribution in [2.45, 2.75) is 238 Å². The van der Waals surface area contributed by atoms with Crippen molar-refractivity contribution < 1.29 is 42.7 Å². The molecule has 1 aliphatic heterocycles. The Labute approximate surface area is 495 Å². The minimum absolute atomic E-state index is 0.0552. The van der Waals surface area contributed by atoms with Gasteiger partial charge in [-0.15, -0.1) is 0 Å². The molecule has 1 saturated heterocycles. The Kier molecular flexibility index (Phi) is 34.8. The Balaban J connectivity index is 1.06. The molecule has 1 fully saturated rings. The van der Waals surface area contributed by atoms with Gasteiger partial charge < -0.3 is 37.9 Å². The summed E-state index contributed by atoms with van der Waals surface area (Å²) in [6, 6.07) is 49.1. The highest BCUT2D eigenvalue weighted by molar-refractivity contribution is 5.78. The van der Waals surface area contributed by atoms with E-state index in [2.05, 4.69) is 67.6 Å². The van der Waals surface area contributed by atoms with Gasteiger partial charge in [-0.3, -0.25) is 4.79 Å². The van der Waals surface area contributed by atoms with Crippen LogP contribution in [0.4, 0.5) is 0 Å². The number of unbranched alkanes of at least 4 members (excludes halogenated alkanes) is 21. The van der Waals surface area contributed by atoms with Crippen molar-refractivity contribution in [2.75, 3.05) is 26.9 Å². The van der Waals surface area contributed by atoms with E-state index in [1.807, 2.05) is 84.9 Å². The lowest BCUT2D eigenvalue weighted by molar-refractivity contribution is -0.330. The normalized spacial score (nSPS) is 17.5. The monoisotopic (exact) mass is 1120 g/mol. The van der Waals surface area contributed by atoms with Crippen molar-refractivity contribution in [3.05, 3.63) is 173 Å². The average Bonchev–Trinajstić information content (AvgIpc) is 3.67. The molecule has 0 aromatic heterocycles. The third-order valence-corrected chi connectivity index (χ3v) is 16.0. The molecule has 0 saturated carbocycles. The number of hydrogen-bond donors (Lipinski definition) is 0. The number of hydrogen-bond acceptors (Lipinski definition) is 9. The second-order valence-electron chi connectivity index (χ2n) is 23.0. The molecule has 5 aromatic carbocycles. The van der Waals surface area contributed by atoms with Gasteiger partial charge in [0.2, 0.25) is 0 Å². The molecular formula is C73H104O9.